The molecule has 1 aliphatic heterocycles. The number of carbonyl (C=O) groups is 2. The number of anilines is 3. The fraction of sp³-hybridized carbons (Fsp3) is 0.333. The van der Waals surface area contributed by atoms with Gasteiger partial charge in [-0.05, 0) is 30.3 Å². The topological polar surface area (TPSA) is 385 Å². The Morgan fingerprint density at radius 1 is 0.914 bits per heavy atom. The SMILES string of the molecule is Nc1ccc2cc3ccc(N)cc3[n+](CCCC(=O)NCCNC(=O)O[C@H]3[C@H](O)[C@@H](COP(=O)(O)OP(=O)(O)NP(=O)(O)O)O[C@H]3n3cnc4c(N)ncnc43)c2c1. The Balaban J connectivity index is 1.04. The van der Waals surface area contributed by atoms with Gasteiger partial charge in [0.25, 0.3) is 0 Å². The first-order valence-corrected chi connectivity index (χ1v) is 21.7. The van der Waals surface area contributed by atoms with Crippen LogP contribution in [0.25, 0.3) is 33.0 Å². The first kappa shape index (κ1) is 42.7. The molecule has 6 rings (SSSR count). The molecule has 1 aliphatic rings. The number of ether oxygens (including phenoxy) is 2. The lowest BCUT2D eigenvalue weighted by Crippen LogP contribution is -2.41. The third-order valence-electron chi connectivity index (χ3n) is 8.59. The summed E-state index contributed by atoms with van der Waals surface area (Å²) >= 11 is 0. The van der Waals surface area contributed by atoms with Crippen LogP contribution in [0.5, 0.6) is 0 Å². The molecule has 1 fully saturated rings. The number of nitrogen functional groups attached to an aromatic ring is 3. The van der Waals surface area contributed by atoms with Crippen molar-refractivity contribution in [2.75, 3.05) is 36.9 Å². The van der Waals surface area contributed by atoms with Gasteiger partial charge in [-0.15, -0.1) is 4.86 Å². The number of aliphatic hydroxyl groups is 1. The van der Waals surface area contributed by atoms with E-state index < -0.39 is 60.6 Å². The van der Waals surface area contributed by atoms with Crippen LogP contribution in [0.1, 0.15) is 19.1 Å². The molecule has 2 unspecified atom stereocenters. The van der Waals surface area contributed by atoms with Crippen LogP contribution in [0.2, 0.25) is 0 Å². The second kappa shape index (κ2) is 17.2. The van der Waals surface area contributed by atoms with Crippen molar-refractivity contribution in [2.24, 2.45) is 0 Å². The van der Waals surface area contributed by atoms with Gasteiger partial charge in [0.1, 0.15) is 30.6 Å². The number of phosphoric acid groups is 1. The van der Waals surface area contributed by atoms with Crippen molar-refractivity contribution in [3.8, 4) is 0 Å². The van der Waals surface area contributed by atoms with Crippen molar-refractivity contribution in [1.29, 1.82) is 0 Å². The molecule has 0 aliphatic carbocycles. The van der Waals surface area contributed by atoms with Gasteiger partial charge in [0, 0.05) is 60.2 Å². The molecular weight excluding hydrogens is 831 g/mol. The lowest BCUT2D eigenvalue weighted by atomic mass is 10.1. The van der Waals surface area contributed by atoms with Gasteiger partial charge in [-0.2, -0.15) is 8.88 Å². The number of aryl methyl sites for hydroxylation is 1. The van der Waals surface area contributed by atoms with Crippen LogP contribution in [0.4, 0.5) is 22.0 Å². The van der Waals surface area contributed by atoms with Gasteiger partial charge in [0.05, 0.1) is 12.9 Å². The van der Waals surface area contributed by atoms with Gasteiger partial charge in [-0.3, -0.25) is 13.9 Å². The van der Waals surface area contributed by atoms with E-state index >= 15 is 0 Å². The van der Waals surface area contributed by atoms with E-state index in [9.17, 15) is 38.2 Å². The number of amides is 2. The Kier molecular flexibility index (Phi) is 12.6. The average Bonchev–Trinajstić information content (AvgIpc) is 3.69. The summed E-state index contributed by atoms with van der Waals surface area (Å²) in [6.45, 7) is -0.689. The molecule has 28 heteroatoms. The minimum Gasteiger partial charge on any atom is -0.439 e. The minimum absolute atomic E-state index is 0.00527. The zero-order valence-electron chi connectivity index (χ0n) is 30.0. The van der Waals surface area contributed by atoms with E-state index in [1.165, 1.54) is 10.9 Å². The maximum Gasteiger partial charge on any atom is 0.480 e. The molecule has 6 atom stereocenters. The van der Waals surface area contributed by atoms with Crippen LogP contribution in [0.3, 0.4) is 0 Å². The predicted molar refractivity (Wildman–Crippen MR) is 203 cm³/mol. The maximum absolute atomic E-state index is 12.9. The highest BCUT2D eigenvalue weighted by Gasteiger charge is 2.49. The van der Waals surface area contributed by atoms with Gasteiger partial charge in [0.2, 0.25) is 16.9 Å². The van der Waals surface area contributed by atoms with Crippen molar-refractivity contribution < 1.29 is 70.8 Å². The van der Waals surface area contributed by atoms with E-state index in [2.05, 4.69) is 39.0 Å². The van der Waals surface area contributed by atoms with E-state index in [4.69, 9.17) is 36.5 Å². The van der Waals surface area contributed by atoms with Gasteiger partial charge >= 0.3 is 29.4 Å². The number of aliphatic hydroxyl groups excluding tert-OH is 1. The quantitative estimate of drug-likeness (QED) is 0.0205. The van der Waals surface area contributed by atoms with E-state index in [1.54, 1.807) is 0 Å². The number of nitrogens with zero attached hydrogens (tertiary/aromatic N) is 5. The van der Waals surface area contributed by atoms with E-state index in [1.807, 2.05) is 42.5 Å². The third kappa shape index (κ3) is 10.4. The van der Waals surface area contributed by atoms with Gasteiger partial charge in [0.15, 0.2) is 23.8 Å². The summed E-state index contributed by atoms with van der Waals surface area (Å²) < 4.78 is 58.4. The smallest absolute Gasteiger partial charge is 0.439 e. The summed E-state index contributed by atoms with van der Waals surface area (Å²) in [5.41, 5.74) is 21.1. The number of hydrogen-bond donors (Lipinski definition) is 11. The van der Waals surface area contributed by atoms with Crippen LogP contribution in [0, 0.1) is 0 Å². The molecule has 0 radical (unpaired) electrons. The highest BCUT2D eigenvalue weighted by Crippen LogP contribution is 2.61. The number of rotatable bonds is 16. The number of nitrogens with one attached hydrogen (secondary N) is 3. The molecule has 0 bridgehead atoms. The van der Waals surface area contributed by atoms with Gasteiger partial charge < -0.3 is 62.0 Å². The number of nitrogens with two attached hydrogens (primary N) is 3. The normalized spacial score (nSPS) is 20.5. The monoisotopic (exact) mass is 870 g/mol. The average molecular weight is 871 g/mol. The molecular formula is C30H39N11O14P3+. The molecule has 58 heavy (non-hydrogen) atoms. The highest BCUT2D eigenvalue weighted by molar-refractivity contribution is 7.70. The lowest BCUT2D eigenvalue weighted by Gasteiger charge is -2.22. The zero-order chi connectivity index (χ0) is 42.0. The molecule has 25 nitrogen and oxygen atoms in total. The number of benzene rings is 2. The van der Waals surface area contributed by atoms with Crippen LogP contribution in [0.15, 0.2) is 55.1 Å². The molecule has 3 aromatic heterocycles. The molecule has 14 N–H and O–H groups in total. The molecule has 0 saturated carbocycles. The maximum atomic E-state index is 12.9. The molecule has 4 heterocycles. The Bertz CT molecular complexity index is 2450. The van der Waals surface area contributed by atoms with Crippen molar-refractivity contribution in [3.63, 3.8) is 0 Å². The van der Waals surface area contributed by atoms with Crippen LogP contribution in [-0.2, 0) is 43.3 Å². The second-order valence-corrected chi connectivity index (χ2v) is 17.6. The van der Waals surface area contributed by atoms with Crippen molar-refractivity contribution >= 4 is 85.5 Å². The number of fused-ring (bicyclic) bond motifs is 3. The van der Waals surface area contributed by atoms with Crippen molar-refractivity contribution in [2.45, 2.75) is 43.9 Å². The molecule has 5 aromatic rings. The molecule has 312 valence electrons. The fourth-order valence-corrected chi connectivity index (χ4v) is 9.60. The summed E-state index contributed by atoms with van der Waals surface area (Å²) in [6.07, 6.45) is -4.63. The minimum atomic E-state index is -5.59. The number of aromatic nitrogens is 5. The zero-order valence-corrected chi connectivity index (χ0v) is 32.7. The summed E-state index contributed by atoms with van der Waals surface area (Å²) in [5.74, 6) is -0.318. The molecule has 1 saturated heterocycles. The van der Waals surface area contributed by atoms with Gasteiger partial charge in [-0.25, -0.2) is 33.4 Å². The van der Waals surface area contributed by atoms with Crippen LogP contribution < -0.4 is 37.3 Å². The number of imidazole rings is 1. The largest absolute Gasteiger partial charge is 0.480 e. The third-order valence-corrected chi connectivity index (χ3v) is 12.8. The number of carbonyl (C=O) groups excluding carboxylic acids is 2. The Morgan fingerprint density at radius 2 is 1.57 bits per heavy atom. The lowest BCUT2D eigenvalue weighted by molar-refractivity contribution is -0.645. The summed E-state index contributed by atoms with van der Waals surface area (Å²) in [4.78, 5) is 75.8. The number of pyridine rings is 1. The predicted octanol–water partition coefficient (Wildman–Crippen LogP) is 0.0328. The second-order valence-electron chi connectivity index (χ2n) is 12.8. The van der Waals surface area contributed by atoms with Crippen LogP contribution in [-0.4, -0.2) is 94.2 Å². The fourth-order valence-electron chi connectivity index (χ4n) is 6.17. The summed E-state index contributed by atoms with van der Waals surface area (Å²) in [7, 11) is -16.6. The Labute approximate surface area is 326 Å². The van der Waals surface area contributed by atoms with Crippen molar-refractivity contribution in [1.82, 2.24) is 35.0 Å². The standard InChI is InChI=1S/C30H38N11O14P3/c31-18-5-3-16-10-17-4-6-19(32)12-21(17)40(20(16)11-18)9-1-2-23(42)34-7-8-35-30(44)54-26-25(43)22(13-52-58(50,51)55-57(48,49)39-56(45,46)47)53-29(26)41-15-38-24-27(33)36-14-37-28(24)41/h3-6,10-12,14-15,22,25-26,29,43H,1-2,7-9,13H2,(H12,31,32,33,34,35,36,37,39,42,44,45,46,47,48,49,50,51)/p+1/t22-,25-,26+,29-/m1/s1. The van der Waals surface area contributed by atoms with Crippen molar-refractivity contribution in [3.05, 3.63) is 55.1 Å². The summed E-state index contributed by atoms with van der Waals surface area (Å²) in [6, 6.07) is 13.2. The number of alkyl carbamates (subject to hydrolysis) is 1. The Hall–Kier alpha value is -4.87. The number of hydrogen-bond acceptors (Lipinski definition) is 16. The Morgan fingerprint density at radius 3 is 2.22 bits per heavy atom. The summed E-state index contributed by atoms with van der Waals surface area (Å²) in [5, 5.41) is 18.2. The van der Waals surface area contributed by atoms with Gasteiger partial charge in [-0.1, -0.05) is 0 Å². The first-order chi connectivity index (χ1) is 27.3. The molecule has 2 aromatic carbocycles. The number of phosphoric ester groups is 1. The van der Waals surface area contributed by atoms with E-state index in [-0.39, 0.29) is 42.4 Å². The molecule has 2 amide bonds. The highest BCUT2D eigenvalue weighted by atomic mass is 31.3. The van der Waals surface area contributed by atoms with Crippen LogP contribution >= 0.6 is 23.3 Å². The van der Waals surface area contributed by atoms with E-state index in [0.29, 0.717) is 24.3 Å². The van der Waals surface area contributed by atoms with E-state index in [0.717, 1.165) is 33.0 Å². The molecule has 0 spiro atoms. The first-order valence-electron chi connectivity index (χ1n) is 17.0.